The molecule has 1 aliphatic rings. The zero-order valence-corrected chi connectivity index (χ0v) is 13.1. The van der Waals surface area contributed by atoms with E-state index in [9.17, 15) is 0 Å². The van der Waals surface area contributed by atoms with Crippen molar-refractivity contribution in [3.63, 3.8) is 0 Å². The van der Waals surface area contributed by atoms with E-state index in [4.69, 9.17) is 9.47 Å². The number of ether oxygens (including phenoxy) is 2. The van der Waals surface area contributed by atoms with E-state index in [0.717, 1.165) is 25.8 Å². The molecule has 1 heterocycles. The van der Waals surface area contributed by atoms with Crippen molar-refractivity contribution in [1.29, 1.82) is 0 Å². The number of nitrogens with zero attached hydrogens (tertiary/aromatic N) is 3. The molecule has 1 saturated carbocycles. The summed E-state index contributed by atoms with van der Waals surface area (Å²) in [7, 11) is 0. The summed E-state index contributed by atoms with van der Waals surface area (Å²) in [5.74, 6) is 0.516. The third kappa shape index (κ3) is 5.36. The molecule has 118 valence electrons. The van der Waals surface area contributed by atoms with Crippen LogP contribution in [0.4, 0.5) is 5.95 Å². The SMILES string of the molecule is CCCOc1nc(NCC)nc(OC2CCCCCC2)n1. The predicted molar refractivity (Wildman–Crippen MR) is 81.9 cm³/mol. The van der Waals surface area contributed by atoms with Gasteiger partial charge in [0.25, 0.3) is 0 Å². The molecular weight excluding hydrogens is 268 g/mol. The van der Waals surface area contributed by atoms with Crippen molar-refractivity contribution in [3.05, 3.63) is 0 Å². The van der Waals surface area contributed by atoms with Crippen molar-refractivity contribution in [3.8, 4) is 12.0 Å². The highest BCUT2D eigenvalue weighted by molar-refractivity contribution is 5.27. The topological polar surface area (TPSA) is 69.2 Å². The van der Waals surface area contributed by atoms with Crippen molar-refractivity contribution in [2.75, 3.05) is 18.5 Å². The van der Waals surface area contributed by atoms with Crippen LogP contribution in [-0.2, 0) is 0 Å². The van der Waals surface area contributed by atoms with Gasteiger partial charge in [-0.3, -0.25) is 0 Å². The molecule has 0 aliphatic heterocycles. The molecule has 0 radical (unpaired) electrons. The largest absolute Gasteiger partial charge is 0.463 e. The molecule has 21 heavy (non-hydrogen) atoms. The molecule has 0 unspecified atom stereocenters. The fraction of sp³-hybridized carbons (Fsp3) is 0.800. The van der Waals surface area contributed by atoms with E-state index in [-0.39, 0.29) is 6.10 Å². The minimum Gasteiger partial charge on any atom is -0.463 e. The minimum absolute atomic E-state index is 0.211. The van der Waals surface area contributed by atoms with Gasteiger partial charge < -0.3 is 14.8 Å². The second kappa shape index (κ2) is 8.64. The lowest BCUT2D eigenvalue weighted by atomic mass is 10.2. The Balaban J connectivity index is 2.06. The zero-order chi connectivity index (χ0) is 14.9. The highest BCUT2D eigenvalue weighted by Crippen LogP contribution is 2.22. The number of anilines is 1. The first-order valence-electron chi connectivity index (χ1n) is 8.11. The summed E-state index contributed by atoms with van der Waals surface area (Å²) >= 11 is 0. The van der Waals surface area contributed by atoms with Crippen molar-refractivity contribution >= 4 is 5.95 Å². The van der Waals surface area contributed by atoms with Gasteiger partial charge in [-0.2, -0.15) is 9.97 Å². The molecule has 1 aliphatic carbocycles. The fourth-order valence-corrected chi connectivity index (χ4v) is 2.39. The van der Waals surface area contributed by atoms with E-state index < -0.39 is 0 Å². The standard InChI is InChI=1S/C15H26N4O2/c1-3-11-20-14-17-13(16-4-2)18-15(19-14)21-12-9-7-5-6-8-10-12/h12H,3-11H2,1-2H3,(H,16,17,18,19). The molecule has 2 rings (SSSR count). The zero-order valence-electron chi connectivity index (χ0n) is 13.1. The Kier molecular flexibility index (Phi) is 6.50. The summed E-state index contributed by atoms with van der Waals surface area (Å²) in [5, 5.41) is 3.09. The van der Waals surface area contributed by atoms with Gasteiger partial charge in [-0.1, -0.05) is 19.8 Å². The Bertz CT molecular complexity index is 420. The smallest absolute Gasteiger partial charge is 0.324 e. The monoisotopic (exact) mass is 294 g/mol. The van der Waals surface area contributed by atoms with E-state index in [1.165, 1.54) is 25.7 Å². The first-order chi connectivity index (χ1) is 10.3. The van der Waals surface area contributed by atoms with Crippen LogP contribution in [0.3, 0.4) is 0 Å². The van der Waals surface area contributed by atoms with Gasteiger partial charge in [0.2, 0.25) is 5.95 Å². The summed E-state index contributed by atoms with van der Waals surface area (Å²) < 4.78 is 11.5. The van der Waals surface area contributed by atoms with Crippen molar-refractivity contribution < 1.29 is 9.47 Å². The lowest BCUT2D eigenvalue weighted by Gasteiger charge is -2.16. The van der Waals surface area contributed by atoms with Gasteiger partial charge in [0.15, 0.2) is 0 Å². The molecule has 1 N–H and O–H groups in total. The second-order valence-corrected chi connectivity index (χ2v) is 5.33. The Morgan fingerprint density at radius 1 is 1.00 bits per heavy atom. The van der Waals surface area contributed by atoms with Crippen LogP contribution < -0.4 is 14.8 Å². The van der Waals surface area contributed by atoms with Gasteiger partial charge in [-0.05, 0) is 39.0 Å². The molecule has 0 atom stereocenters. The summed E-state index contributed by atoms with van der Waals surface area (Å²) in [5.41, 5.74) is 0. The Labute approximate surface area is 126 Å². The van der Waals surface area contributed by atoms with Crippen molar-refractivity contribution in [2.45, 2.75) is 64.9 Å². The number of hydrogen-bond donors (Lipinski definition) is 1. The number of hydrogen-bond acceptors (Lipinski definition) is 6. The van der Waals surface area contributed by atoms with Crippen LogP contribution in [0.1, 0.15) is 58.8 Å². The predicted octanol–water partition coefficient (Wildman–Crippen LogP) is 3.19. The van der Waals surface area contributed by atoms with Crippen molar-refractivity contribution in [1.82, 2.24) is 15.0 Å². The first-order valence-corrected chi connectivity index (χ1v) is 8.11. The summed E-state index contributed by atoms with van der Waals surface area (Å²) in [4.78, 5) is 12.8. The quantitative estimate of drug-likeness (QED) is 0.779. The Hall–Kier alpha value is -1.59. The van der Waals surface area contributed by atoms with Gasteiger partial charge >= 0.3 is 12.0 Å². The van der Waals surface area contributed by atoms with E-state index >= 15 is 0 Å². The van der Waals surface area contributed by atoms with Gasteiger partial charge in [0, 0.05) is 6.54 Å². The van der Waals surface area contributed by atoms with E-state index in [1.807, 2.05) is 6.92 Å². The Morgan fingerprint density at radius 3 is 2.38 bits per heavy atom. The van der Waals surface area contributed by atoms with Crippen LogP contribution in [0.15, 0.2) is 0 Å². The summed E-state index contributed by atoms with van der Waals surface area (Å²) in [6.45, 7) is 5.40. The highest BCUT2D eigenvalue weighted by atomic mass is 16.5. The van der Waals surface area contributed by atoms with Crippen LogP contribution in [0.5, 0.6) is 12.0 Å². The Morgan fingerprint density at radius 2 is 1.71 bits per heavy atom. The molecule has 0 amide bonds. The van der Waals surface area contributed by atoms with E-state index in [1.54, 1.807) is 0 Å². The average molecular weight is 294 g/mol. The van der Waals surface area contributed by atoms with Gasteiger partial charge in [0.05, 0.1) is 6.61 Å². The maximum Gasteiger partial charge on any atom is 0.324 e. The van der Waals surface area contributed by atoms with Crippen molar-refractivity contribution in [2.24, 2.45) is 0 Å². The lowest BCUT2D eigenvalue weighted by Crippen LogP contribution is -2.18. The minimum atomic E-state index is 0.211. The maximum atomic E-state index is 5.96. The molecular formula is C15H26N4O2. The lowest BCUT2D eigenvalue weighted by molar-refractivity contribution is 0.164. The average Bonchev–Trinajstić information content (AvgIpc) is 2.74. The summed E-state index contributed by atoms with van der Waals surface area (Å²) in [6, 6.07) is 0.713. The molecule has 0 spiro atoms. The number of aromatic nitrogens is 3. The molecule has 0 bridgehead atoms. The maximum absolute atomic E-state index is 5.96. The molecule has 6 nitrogen and oxygen atoms in total. The highest BCUT2D eigenvalue weighted by Gasteiger charge is 2.17. The van der Waals surface area contributed by atoms with Crippen LogP contribution >= 0.6 is 0 Å². The van der Waals surface area contributed by atoms with E-state index in [0.29, 0.717) is 24.6 Å². The van der Waals surface area contributed by atoms with Gasteiger partial charge in [-0.15, -0.1) is 4.98 Å². The van der Waals surface area contributed by atoms with Gasteiger partial charge in [-0.25, -0.2) is 0 Å². The molecule has 1 aromatic heterocycles. The van der Waals surface area contributed by atoms with Crippen LogP contribution in [-0.4, -0.2) is 34.2 Å². The first kappa shape index (κ1) is 15.8. The third-order valence-corrected chi connectivity index (χ3v) is 3.44. The normalized spacial score (nSPS) is 16.3. The molecule has 6 heteroatoms. The number of nitrogens with one attached hydrogen (secondary N) is 1. The fourth-order valence-electron chi connectivity index (χ4n) is 2.39. The van der Waals surface area contributed by atoms with E-state index in [2.05, 4.69) is 27.2 Å². The summed E-state index contributed by atoms with van der Waals surface area (Å²) in [6.07, 6.45) is 8.31. The van der Waals surface area contributed by atoms with Crippen LogP contribution in [0.2, 0.25) is 0 Å². The molecule has 1 aromatic rings. The second-order valence-electron chi connectivity index (χ2n) is 5.33. The van der Waals surface area contributed by atoms with Crippen LogP contribution in [0, 0.1) is 0 Å². The number of rotatable bonds is 7. The molecule has 0 saturated heterocycles. The molecule has 1 fully saturated rings. The molecule has 0 aromatic carbocycles. The third-order valence-electron chi connectivity index (χ3n) is 3.44. The van der Waals surface area contributed by atoms with Crippen LogP contribution in [0.25, 0.3) is 0 Å². The van der Waals surface area contributed by atoms with Gasteiger partial charge in [0.1, 0.15) is 6.10 Å².